The molecule has 0 radical (unpaired) electrons. The number of hydrogen-bond acceptors (Lipinski definition) is 4. The van der Waals surface area contributed by atoms with Crippen LogP contribution in [-0.2, 0) is 0 Å². The Balaban J connectivity index is 1.66. The molecule has 3 rings (SSSR count). The molecule has 0 unspecified atom stereocenters. The number of phenolic OH excluding ortho intramolecular Hbond substituents is 1. The van der Waals surface area contributed by atoms with Crippen LogP contribution >= 0.6 is 0 Å². The predicted molar refractivity (Wildman–Crippen MR) is 158 cm³/mol. The molecule has 3 aromatic carbocycles. The third-order valence-electron chi connectivity index (χ3n) is 6.83. The van der Waals surface area contributed by atoms with Crippen molar-refractivity contribution in [1.82, 2.24) is 0 Å². The van der Waals surface area contributed by atoms with E-state index in [0.29, 0.717) is 30.4 Å². The molecule has 0 aliphatic rings. The first kappa shape index (κ1) is 29.3. The molecule has 0 aliphatic carbocycles. The van der Waals surface area contributed by atoms with Crippen LogP contribution in [-0.4, -0.2) is 24.2 Å². The average molecular weight is 520 g/mol. The summed E-state index contributed by atoms with van der Waals surface area (Å²) in [7, 11) is 0. The second-order valence-electron chi connectivity index (χ2n) is 10.1. The molecule has 3 aromatic rings. The quantitative estimate of drug-likeness (QED) is 0.164. The van der Waals surface area contributed by atoms with E-state index in [1.165, 1.54) is 51.4 Å². The summed E-state index contributed by atoms with van der Waals surface area (Å²) in [5.74, 6) is 0.875. The zero-order valence-corrected chi connectivity index (χ0v) is 23.3. The Morgan fingerprint density at radius 1 is 0.711 bits per heavy atom. The number of amides is 1. The number of aromatic hydroxyl groups is 1. The highest BCUT2D eigenvalue weighted by molar-refractivity contribution is 6.09. The highest BCUT2D eigenvalue weighted by atomic mass is 16.5. The zero-order valence-electron chi connectivity index (χ0n) is 23.3. The number of hydrogen-bond donors (Lipinski definition) is 2. The van der Waals surface area contributed by atoms with E-state index < -0.39 is 0 Å². The molecule has 38 heavy (non-hydrogen) atoms. The molecular formula is C33H45NO4. The average Bonchev–Trinajstić information content (AvgIpc) is 2.92. The molecule has 0 fully saturated rings. The lowest BCUT2D eigenvalue weighted by Crippen LogP contribution is -2.14. The van der Waals surface area contributed by atoms with Crippen LogP contribution in [0.15, 0.2) is 54.6 Å². The van der Waals surface area contributed by atoms with Crippen LogP contribution in [0.2, 0.25) is 0 Å². The van der Waals surface area contributed by atoms with Crippen molar-refractivity contribution >= 4 is 22.4 Å². The molecule has 0 saturated carbocycles. The van der Waals surface area contributed by atoms with E-state index in [1.807, 2.05) is 42.5 Å². The molecule has 5 heteroatoms. The van der Waals surface area contributed by atoms with E-state index in [-0.39, 0.29) is 17.2 Å². The van der Waals surface area contributed by atoms with Crippen molar-refractivity contribution in [2.24, 2.45) is 0 Å². The van der Waals surface area contributed by atoms with E-state index in [4.69, 9.17) is 9.47 Å². The minimum absolute atomic E-state index is 0.0498. The molecule has 0 aliphatic heterocycles. The summed E-state index contributed by atoms with van der Waals surface area (Å²) in [5, 5.41) is 15.3. The van der Waals surface area contributed by atoms with Gasteiger partial charge in [-0.05, 0) is 47.9 Å². The van der Waals surface area contributed by atoms with Gasteiger partial charge in [-0.2, -0.15) is 0 Å². The number of carbonyl (C=O) groups excluding carboxylic acids is 1. The highest BCUT2D eigenvalue weighted by Gasteiger charge is 2.16. The van der Waals surface area contributed by atoms with E-state index in [1.54, 1.807) is 12.1 Å². The monoisotopic (exact) mass is 519 g/mol. The predicted octanol–water partition coefficient (Wildman–Crippen LogP) is 9.28. The van der Waals surface area contributed by atoms with Crippen LogP contribution in [0.5, 0.6) is 17.2 Å². The zero-order chi connectivity index (χ0) is 27.0. The summed E-state index contributed by atoms with van der Waals surface area (Å²) in [4.78, 5) is 13.2. The molecule has 0 atom stereocenters. The Morgan fingerprint density at radius 2 is 1.29 bits per heavy atom. The number of rotatable bonds is 18. The first-order valence-electron chi connectivity index (χ1n) is 14.5. The van der Waals surface area contributed by atoms with Gasteiger partial charge >= 0.3 is 0 Å². The lowest BCUT2D eigenvalue weighted by Gasteiger charge is -2.15. The fourth-order valence-corrected chi connectivity index (χ4v) is 4.56. The summed E-state index contributed by atoms with van der Waals surface area (Å²) in [6, 6.07) is 16.6. The van der Waals surface area contributed by atoms with Gasteiger partial charge in [0.15, 0.2) is 0 Å². The number of fused-ring (bicyclic) bond motifs is 1. The number of carbonyl (C=O) groups is 1. The molecule has 5 nitrogen and oxygen atoms in total. The standard InChI is InChI=1S/C33H45NO4/c1-3-5-7-9-11-15-21-37-28-19-20-32(38-22-16-12-10-8-6-4-2)30(25-28)34-33(36)29-23-26-17-13-14-18-27(26)24-31(29)35/h13-14,17-20,23-25,35H,3-12,15-16,21-22H2,1-2H3,(H,34,36). The third kappa shape index (κ3) is 9.59. The van der Waals surface area contributed by atoms with Crippen molar-refractivity contribution in [3.05, 3.63) is 60.2 Å². The number of ether oxygens (including phenoxy) is 2. The minimum atomic E-state index is -0.384. The molecular weight excluding hydrogens is 474 g/mol. The third-order valence-corrected chi connectivity index (χ3v) is 6.83. The van der Waals surface area contributed by atoms with Crippen LogP contribution in [0.1, 0.15) is 101 Å². The summed E-state index contributed by atoms with van der Waals surface area (Å²) < 4.78 is 12.1. The number of nitrogens with one attached hydrogen (secondary N) is 1. The van der Waals surface area contributed by atoms with Gasteiger partial charge in [-0.3, -0.25) is 4.79 Å². The molecule has 0 saturated heterocycles. The van der Waals surface area contributed by atoms with E-state index in [2.05, 4.69) is 19.2 Å². The number of anilines is 1. The smallest absolute Gasteiger partial charge is 0.259 e. The van der Waals surface area contributed by atoms with E-state index in [0.717, 1.165) is 36.5 Å². The largest absolute Gasteiger partial charge is 0.507 e. The van der Waals surface area contributed by atoms with E-state index in [9.17, 15) is 9.90 Å². The van der Waals surface area contributed by atoms with Gasteiger partial charge in [0.1, 0.15) is 17.2 Å². The topological polar surface area (TPSA) is 67.8 Å². The van der Waals surface area contributed by atoms with Crippen molar-refractivity contribution in [2.45, 2.75) is 90.9 Å². The number of benzene rings is 3. The molecule has 0 aromatic heterocycles. The van der Waals surface area contributed by atoms with Gasteiger partial charge in [-0.25, -0.2) is 0 Å². The lowest BCUT2D eigenvalue weighted by atomic mass is 10.1. The lowest BCUT2D eigenvalue weighted by molar-refractivity contribution is 0.102. The first-order valence-corrected chi connectivity index (χ1v) is 14.5. The van der Waals surface area contributed by atoms with Crippen LogP contribution in [0.3, 0.4) is 0 Å². The van der Waals surface area contributed by atoms with Crippen LogP contribution < -0.4 is 14.8 Å². The maximum absolute atomic E-state index is 13.2. The van der Waals surface area contributed by atoms with Crippen molar-refractivity contribution in [2.75, 3.05) is 18.5 Å². The van der Waals surface area contributed by atoms with Gasteiger partial charge in [-0.1, -0.05) is 102 Å². The Morgan fingerprint density at radius 3 is 1.95 bits per heavy atom. The molecule has 0 spiro atoms. The second kappa shape index (κ2) is 16.6. The fourth-order valence-electron chi connectivity index (χ4n) is 4.56. The maximum Gasteiger partial charge on any atom is 0.259 e. The van der Waals surface area contributed by atoms with Gasteiger partial charge in [0.05, 0.1) is 24.5 Å². The minimum Gasteiger partial charge on any atom is -0.507 e. The van der Waals surface area contributed by atoms with Gasteiger partial charge in [-0.15, -0.1) is 0 Å². The SMILES string of the molecule is CCCCCCCCOc1ccc(OCCCCCCCC)c(NC(=O)c2cc3ccccc3cc2O)c1. The van der Waals surface area contributed by atoms with Crippen molar-refractivity contribution in [1.29, 1.82) is 0 Å². The highest BCUT2D eigenvalue weighted by Crippen LogP contribution is 2.32. The number of unbranched alkanes of at least 4 members (excludes halogenated alkanes) is 10. The molecule has 1 amide bonds. The molecule has 0 heterocycles. The van der Waals surface area contributed by atoms with Gasteiger partial charge in [0.25, 0.3) is 5.91 Å². The maximum atomic E-state index is 13.2. The van der Waals surface area contributed by atoms with Gasteiger partial charge < -0.3 is 19.9 Å². The van der Waals surface area contributed by atoms with Crippen LogP contribution in [0.25, 0.3) is 10.8 Å². The molecule has 0 bridgehead atoms. The fraction of sp³-hybridized carbons (Fsp3) is 0.485. The second-order valence-corrected chi connectivity index (χ2v) is 10.1. The van der Waals surface area contributed by atoms with Crippen molar-refractivity contribution in [3.8, 4) is 17.2 Å². The van der Waals surface area contributed by atoms with Crippen molar-refractivity contribution < 1.29 is 19.4 Å². The number of phenols is 1. The summed E-state index contributed by atoms with van der Waals surface area (Å²) in [5.41, 5.74) is 0.776. The molecule has 206 valence electrons. The van der Waals surface area contributed by atoms with Crippen molar-refractivity contribution in [3.63, 3.8) is 0 Å². The Hall–Kier alpha value is -3.21. The first-order chi connectivity index (χ1) is 18.6. The van der Waals surface area contributed by atoms with Gasteiger partial charge in [0, 0.05) is 6.07 Å². The Kier molecular flexibility index (Phi) is 12.8. The summed E-state index contributed by atoms with van der Waals surface area (Å²) >= 11 is 0. The normalized spacial score (nSPS) is 11.0. The Labute approximate surface area is 228 Å². The Bertz CT molecular complexity index is 1130. The molecule has 2 N–H and O–H groups in total. The summed E-state index contributed by atoms with van der Waals surface area (Å²) in [6.45, 7) is 5.68. The van der Waals surface area contributed by atoms with Crippen LogP contribution in [0.4, 0.5) is 5.69 Å². The van der Waals surface area contributed by atoms with Gasteiger partial charge in [0.2, 0.25) is 0 Å². The summed E-state index contributed by atoms with van der Waals surface area (Å²) in [6.07, 6.45) is 14.3. The van der Waals surface area contributed by atoms with Crippen LogP contribution in [0, 0.1) is 0 Å². The van der Waals surface area contributed by atoms with E-state index >= 15 is 0 Å².